The summed E-state index contributed by atoms with van der Waals surface area (Å²) in [7, 11) is 0. The van der Waals surface area contributed by atoms with Crippen molar-refractivity contribution in [3.8, 4) is 5.75 Å². The minimum absolute atomic E-state index is 0.0876. The first-order chi connectivity index (χ1) is 7.27. The Hall–Kier alpha value is -1.31. The number of aromatic hydroxyl groups is 1. The number of benzene rings is 1. The molecule has 2 heteroatoms. The van der Waals surface area contributed by atoms with E-state index in [4.69, 9.17) is 0 Å². The summed E-state index contributed by atoms with van der Waals surface area (Å²) in [6.45, 7) is 0. The van der Waals surface area contributed by atoms with Crippen LogP contribution >= 0.6 is 0 Å². The second-order valence-corrected chi connectivity index (χ2v) is 4.55. The minimum Gasteiger partial charge on any atom is -0.508 e. The van der Waals surface area contributed by atoms with Gasteiger partial charge in [-0.25, -0.2) is 0 Å². The second-order valence-electron chi connectivity index (χ2n) is 4.55. The van der Waals surface area contributed by atoms with Crippen LogP contribution in [-0.4, -0.2) is 10.9 Å². The molecule has 0 heterocycles. The van der Waals surface area contributed by atoms with Crippen molar-refractivity contribution in [3.63, 3.8) is 0 Å². The number of phenolic OH excluding ortho intramolecular Hbond substituents is 1. The van der Waals surface area contributed by atoms with Gasteiger partial charge in [0.1, 0.15) is 11.5 Å². The summed E-state index contributed by atoms with van der Waals surface area (Å²) < 4.78 is 0. The fraction of sp³-hybridized carbons (Fsp3) is 0.462. The Morgan fingerprint density at radius 1 is 1.20 bits per heavy atom. The van der Waals surface area contributed by atoms with E-state index in [9.17, 15) is 9.90 Å². The molecular formula is C13H14O2. The summed E-state index contributed by atoms with van der Waals surface area (Å²) in [4.78, 5) is 11.8. The Bertz CT molecular complexity index is 434. The number of carbonyl (C=O) groups excluding carboxylic acids is 1. The fourth-order valence-corrected chi connectivity index (χ4v) is 3.00. The van der Waals surface area contributed by atoms with E-state index in [0.717, 1.165) is 36.8 Å². The molecule has 0 saturated carbocycles. The lowest BCUT2D eigenvalue weighted by Gasteiger charge is -2.31. The Morgan fingerprint density at radius 3 is 2.93 bits per heavy atom. The highest BCUT2D eigenvalue weighted by Gasteiger charge is 2.33. The van der Waals surface area contributed by atoms with Crippen molar-refractivity contribution in [3.05, 3.63) is 28.8 Å². The Labute approximate surface area is 88.9 Å². The van der Waals surface area contributed by atoms with Crippen LogP contribution in [0, 0.1) is 0 Å². The van der Waals surface area contributed by atoms with E-state index in [2.05, 4.69) is 0 Å². The predicted molar refractivity (Wildman–Crippen MR) is 57.1 cm³/mol. The highest BCUT2D eigenvalue weighted by Crippen LogP contribution is 2.42. The minimum atomic E-state index is 0.0876. The summed E-state index contributed by atoms with van der Waals surface area (Å²) in [5.74, 6) is 0.840. The third-order valence-corrected chi connectivity index (χ3v) is 3.72. The number of aryl methyl sites for hydroxylation is 1. The maximum Gasteiger partial charge on any atom is 0.140 e. The zero-order chi connectivity index (χ0) is 10.4. The molecule has 0 saturated heterocycles. The van der Waals surface area contributed by atoms with Crippen LogP contribution in [0.5, 0.6) is 5.75 Å². The molecule has 1 aromatic carbocycles. The smallest absolute Gasteiger partial charge is 0.140 e. The van der Waals surface area contributed by atoms with Crippen LogP contribution < -0.4 is 0 Å². The molecule has 3 rings (SSSR count). The maximum absolute atomic E-state index is 11.8. The summed E-state index contributed by atoms with van der Waals surface area (Å²) in [5.41, 5.74) is 3.49. The summed E-state index contributed by atoms with van der Waals surface area (Å²) >= 11 is 0. The van der Waals surface area contributed by atoms with Gasteiger partial charge in [0.25, 0.3) is 0 Å². The molecule has 2 aliphatic rings. The summed E-state index contributed by atoms with van der Waals surface area (Å²) in [6.07, 6.45) is 4.47. The van der Waals surface area contributed by atoms with Crippen LogP contribution in [0.25, 0.3) is 0 Å². The molecule has 0 amide bonds. The first-order valence-electron chi connectivity index (χ1n) is 5.63. The summed E-state index contributed by atoms with van der Waals surface area (Å²) in [5, 5.41) is 9.79. The fourth-order valence-electron chi connectivity index (χ4n) is 3.00. The lowest BCUT2D eigenvalue weighted by Crippen LogP contribution is -2.25. The topological polar surface area (TPSA) is 37.3 Å². The second kappa shape index (κ2) is 3.09. The highest BCUT2D eigenvalue weighted by atomic mass is 16.3. The first kappa shape index (κ1) is 8.96. The Balaban J connectivity index is 2.25. The van der Waals surface area contributed by atoms with Crippen LogP contribution in [0.2, 0.25) is 0 Å². The predicted octanol–water partition coefficient (Wildman–Crippen LogP) is 2.33. The largest absolute Gasteiger partial charge is 0.508 e. The van der Waals surface area contributed by atoms with E-state index < -0.39 is 0 Å². The summed E-state index contributed by atoms with van der Waals surface area (Å²) in [6, 6.07) is 3.77. The van der Waals surface area contributed by atoms with E-state index in [1.807, 2.05) is 6.07 Å². The van der Waals surface area contributed by atoms with Crippen molar-refractivity contribution < 1.29 is 9.90 Å². The molecule has 15 heavy (non-hydrogen) atoms. The van der Waals surface area contributed by atoms with Crippen molar-refractivity contribution in [2.24, 2.45) is 0 Å². The van der Waals surface area contributed by atoms with Crippen molar-refractivity contribution in [1.82, 2.24) is 0 Å². The number of hydrogen-bond donors (Lipinski definition) is 1. The van der Waals surface area contributed by atoms with Gasteiger partial charge in [-0.05, 0) is 48.4 Å². The molecule has 2 nitrogen and oxygen atoms in total. The van der Waals surface area contributed by atoms with Gasteiger partial charge < -0.3 is 5.11 Å². The van der Waals surface area contributed by atoms with Crippen molar-refractivity contribution in [1.29, 1.82) is 0 Å². The monoisotopic (exact) mass is 202 g/mol. The molecule has 1 aromatic rings. The van der Waals surface area contributed by atoms with Gasteiger partial charge in [0.05, 0.1) is 0 Å². The van der Waals surface area contributed by atoms with Gasteiger partial charge in [0, 0.05) is 12.3 Å². The van der Waals surface area contributed by atoms with Gasteiger partial charge in [-0.15, -0.1) is 0 Å². The van der Waals surface area contributed by atoms with E-state index in [-0.39, 0.29) is 5.92 Å². The Morgan fingerprint density at radius 2 is 2.07 bits per heavy atom. The SMILES string of the molecule is O=C1CCc2c(O)ccc3c2C1CCC3. The van der Waals surface area contributed by atoms with Crippen LogP contribution in [-0.2, 0) is 17.6 Å². The normalized spacial score (nSPS) is 23.7. The number of hydrogen-bond acceptors (Lipinski definition) is 2. The quantitative estimate of drug-likeness (QED) is 0.701. The van der Waals surface area contributed by atoms with E-state index >= 15 is 0 Å². The molecule has 0 aliphatic heterocycles. The van der Waals surface area contributed by atoms with Gasteiger partial charge in [0.2, 0.25) is 0 Å². The first-order valence-corrected chi connectivity index (χ1v) is 5.63. The average Bonchev–Trinajstić information content (AvgIpc) is 2.26. The standard InChI is InChI=1S/C13H14O2/c14-11-6-4-8-2-1-3-9-12(15)7-5-10(11)13(8)9/h4,6,9,14H,1-3,5,7H2. The van der Waals surface area contributed by atoms with Gasteiger partial charge in [-0.1, -0.05) is 6.07 Å². The third kappa shape index (κ3) is 1.21. The zero-order valence-electron chi connectivity index (χ0n) is 8.62. The Kier molecular flexibility index (Phi) is 1.84. The number of ketones is 1. The maximum atomic E-state index is 11.8. The average molecular weight is 202 g/mol. The lowest BCUT2D eigenvalue weighted by atomic mass is 9.72. The zero-order valence-corrected chi connectivity index (χ0v) is 8.62. The molecule has 0 spiro atoms. The van der Waals surface area contributed by atoms with E-state index in [0.29, 0.717) is 18.0 Å². The molecule has 1 N–H and O–H groups in total. The number of rotatable bonds is 0. The van der Waals surface area contributed by atoms with Gasteiger partial charge in [0.15, 0.2) is 0 Å². The molecule has 78 valence electrons. The van der Waals surface area contributed by atoms with E-state index in [1.165, 1.54) is 5.56 Å². The molecular weight excluding hydrogens is 188 g/mol. The number of phenols is 1. The van der Waals surface area contributed by atoms with Gasteiger partial charge in [-0.2, -0.15) is 0 Å². The van der Waals surface area contributed by atoms with Crippen LogP contribution in [0.3, 0.4) is 0 Å². The van der Waals surface area contributed by atoms with Crippen molar-refractivity contribution in [2.45, 2.75) is 38.0 Å². The van der Waals surface area contributed by atoms with Gasteiger partial charge >= 0.3 is 0 Å². The lowest BCUT2D eigenvalue weighted by molar-refractivity contribution is -0.121. The highest BCUT2D eigenvalue weighted by molar-refractivity contribution is 5.89. The number of Topliss-reactive ketones (excluding diaryl/α,β-unsaturated/α-hetero) is 1. The molecule has 0 fully saturated rings. The number of carbonyl (C=O) groups is 1. The third-order valence-electron chi connectivity index (χ3n) is 3.72. The van der Waals surface area contributed by atoms with Crippen molar-refractivity contribution >= 4 is 5.78 Å². The molecule has 2 aliphatic carbocycles. The van der Waals surface area contributed by atoms with Crippen LogP contribution in [0.15, 0.2) is 12.1 Å². The van der Waals surface area contributed by atoms with Crippen molar-refractivity contribution in [2.75, 3.05) is 0 Å². The molecule has 1 atom stereocenters. The van der Waals surface area contributed by atoms with Gasteiger partial charge in [-0.3, -0.25) is 4.79 Å². The molecule has 1 unspecified atom stereocenters. The molecule has 0 bridgehead atoms. The molecule has 0 radical (unpaired) electrons. The van der Waals surface area contributed by atoms with E-state index in [1.54, 1.807) is 6.07 Å². The molecule has 0 aromatic heterocycles. The van der Waals surface area contributed by atoms with Crippen LogP contribution in [0.1, 0.15) is 41.9 Å². The van der Waals surface area contributed by atoms with Crippen LogP contribution in [0.4, 0.5) is 0 Å².